The number of carbonyl (C=O) groups is 1. The van der Waals surface area contributed by atoms with E-state index in [1.807, 2.05) is 6.07 Å². The average molecular weight is 272 g/mol. The van der Waals surface area contributed by atoms with Crippen molar-refractivity contribution in [3.63, 3.8) is 0 Å². The summed E-state index contributed by atoms with van der Waals surface area (Å²) < 4.78 is 4.75. The molecule has 0 bridgehead atoms. The summed E-state index contributed by atoms with van der Waals surface area (Å²) in [5.74, 6) is -0.445. The standard InChI is InChI=1S/C15H10ClNO2/c1-19-15(18)13-6-5-10(9-17)7-14(13)11-3-2-4-12(16)8-11/h2-8H,1H3. The Kier molecular flexibility index (Phi) is 3.84. The molecule has 0 aliphatic heterocycles. The molecule has 0 heterocycles. The van der Waals surface area contributed by atoms with Crippen LogP contribution in [0, 0.1) is 11.3 Å². The summed E-state index contributed by atoms with van der Waals surface area (Å²) in [6, 6.07) is 14.0. The van der Waals surface area contributed by atoms with Crippen molar-refractivity contribution in [2.45, 2.75) is 0 Å². The number of carbonyl (C=O) groups excluding carboxylic acids is 1. The first-order valence-electron chi connectivity index (χ1n) is 5.54. The molecule has 19 heavy (non-hydrogen) atoms. The van der Waals surface area contributed by atoms with Crippen molar-refractivity contribution in [1.82, 2.24) is 0 Å². The van der Waals surface area contributed by atoms with Crippen LogP contribution >= 0.6 is 11.6 Å². The lowest BCUT2D eigenvalue weighted by Crippen LogP contribution is -2.03. The van der Waals surface area contributed by atoms with Crippen molar-refractivity contribution in [3.05, 3.63) is 58.6 Å². The molecule has 0 unspecified atom stereocenters. The van der Waals surface area contributed by atoms with Crippen molar-refractivity contribution in [1.29, 1.82) is 5.26 Å². The summed E-state index contributed by atoms with van der Waals surface area (Å²) in [6.45, 7) is 0. The normalized spacial score (nSPS) is 9.74. The van der Waals surface area contributed by atoms with E-state index in [0.29, 0.717) is 21.7 Å². The van der Waals surface area contributed by atoms with Crippen molar-refractivity contribution >= 4 is 17.6 Å². The average Bonchev–Trinajstić information content (AvgIpc) is 2.45. The largest absolute Gasteiger partial charge is 0.465 e. The summed E-state index contributed by atoms with van der Waals surface area (Å²) in [5, 5.41) is 9.52. The maximum atomic E-state index is 11.8. The van der Waals surface area contributed by atoms with Gasteiger partial charge in [0.25, 0.3) is 0 Å². The van der Waals surface area contributed by atoms with Crippen LogP contribution in [-0.2, 0) is 4.74 Å². The smallest absolute Gasteiger partial charge is 0.338 e. The molecule has 3 nitrogen and oxygen atoms in total. The molecule has 0 fully saturated rings. The Balaban J connectivity index is 2.65. The first-order valence-corrected chi connectivity index (χ1v) is 5.92. The van der Waals surface area contributed by atoms with E-state index < -0.39 is 5.97 Å². The summed E-state index contributed by atoms with van der Waals surface area (Å²) in [5.41, 5.74) is 2.28. The Bertz CT molecular complexity index is 674. The number of benzene rings is 2. The fraction of sp³-hybridized carbons (Fsp3) is 0.0667. The van der Waals surface area contributed by atoms with Gasteiger partial charge in [-0.15, -0.1) is 0 Å². The highest BCUT2D eigenvalue weighted by Crippen LogP contribution is 2.27. The highest BCUT2D eigenvalue weighted by molar-refractivity contribution is 6.30. The van der Waals surface area contributed by atoms with Gasteiger partial charge in [-0.05, 0) is 41.5 Å². The third-order valence-electron chi connectivity index (χ3n) is 2.69. The predicted molar refractivity (Wildman–Crippen MR) is 72.9 cm³/mol. The van der Waals surface area contributed by atoms with Crippen LogP contribution in [0.15, 0.2) is 42.5 Å². The van der Waals surface area contributed by atoms with Crippen molar-refractivity contribution in [3.8, 4) is 17.2 Å². The third kappa shape index (κ3) is 2.75. The second-order valence-corrected chi connectivity index (χ2v) is 4.31. The fourth-order valence-electron chi connectivity index (χ4n) is 1.80. The number of nitrogens with zero attached hydrogens (tertiary/aromatic N) is 1. The molecule has 0 atom stereocenters. The van der Waals surface area contributed by atoms with E-state index in [1.54, 1.807) is 36.4 Å². The molecule has 4 heteroatoms. The summed E-state index contributed by atoms with van der Waals surface area (Å²) in [4.78, 5) is 11.8. The van der Waals surface area contributed by atoms with Gasteiger partial charge in [0.2, 0.25) is 0 Å². The van der Waals surface area contributed by atoms with E-state index in [2.05, 4.69) is 6.07 Å². The molecule has 0 saturated carbocycles. The summed E-state index contributed by atoms with van der Waals surface area (Å²) >= 11 is 5.95. The zero-order valence-corrected chi connectivity index (χ0v) is 10.9. The molecule has 94 valence electrons. The van der Waals surface area contributed by atoms with Crippen LogP contribution in [0.2, 0.25) is 5.02 Å². The van der Waals surface area contributed by atoms with Gasteiger partial charge in [0, 0.05) is 5.02 Å². The van der Waals surface area contributed by atoms with E-state index in [0.717, 1.165) is 5.56 Å². The molecule has 0 aliphatic rings. The van der Waals surface area contributed by atoms with Gasteiger partial charge in [0.15, 0.2) is 0 Å². The van der Waals surface area contributed by atoms with E-state index in [1.165, 1.54) is 7.11 Å². The van der Waals surface area contributed by atoms with Crippen LogP contribution in [-0.4, -0.2) is 13.1 Å². The van der Waals surface area contributed by atoms with Gasteiger partial charge in [0.1, 0.15) is 0 Å². The SMILES string of the molecule is COC(=O)c1ccc(C#N)cc1-c1cccc(Cl)c1. The summed E-state index contributed by atoms with van der Waals surface area (Å²) in [6.07, 6.45) is 0. The Labute approximate surface area is 116 Å². The second-order valence-electron chi connectivity index (χ2n) is 3.87. The van der Waals surface area contributed by atoms with Crippen LogP contribution in [0.25, 0.3) is 11.1 Å². The molecule has 2 aromatic carbocycles. The van der Waals surface area contributed by atoms with E-state index in [4.69, 9.17) is 21.6 Å². The van der Waals surface area contributed by atoms with Crippen LogP contribution in [0.1, 0.15) is 15.9 Å². The number of esters is 1. The fourth-order valence-corrected chi connectivity index (χ4v) is 1.99. The molecule has 0 aliphatic carbocycles. The van der Waals surface area contributed by atoms with Crippen LogP contribution < -0.4 is 0 Å². The minimum atomic E-state index is -0.445. The molecule has 0 amide bonds. The van der Waals surface area contributed by atoms with Crippen molar-refractivity contribution < 1.29 is 9.53 Å². The zero-order chi connectivity index (χ0) is 13.8. The molecule has 2 rings (SSSR count). The Morgan fingerprint density at radius 3 is 2.68 bits per heavy atom. The maximum Gasteiger partial charge on any atom is 0.338 e. The highest BCUT2D eigenvalue weighted by atomic mass is 35.5. The predicted octanol–water partition coefficient (Wildman–Crippen LogP) is 3.67. The lowest BCUT2D eigenvalue weighted by Gasteiger charge is -2.09. The third-order valence-corrected chi connectivity index (χ3v) is 2.92. The van der Waals surface area contributed by atoms with Gasteiger partial charge in [-0.25, -0.2) is 4.79 Å². The molecular weight excluding hydrogens is 262 g/mol. The second kappa shape index (κ2) is 5.55. The molecule has 0 spiro atoms. The minimum absolute atomic E-state index is 0.406. The molecule has 0 saturated heterocycles. The maximum absolute atomic E-state index is 11.8. The van der Waals surface area contributed by atoms with Crippen LogP contribution in [0.3, 0.4) is 0 Å². The van der Waals surface area contributed by atoms with Crippen LogP contribution in [0.4, 0.5) is 0 Å². The minimum Gasteiger partial charge on any atom is -0.465 e. The lowest BCUT2D eigenvalue weighted by molar-refractivity contribution is 0.0601. The quantitative estimate of drug-likeness (QED) is 0.783. The first kappa shape index (κ1) is 13.1. The Morgan fingerprint density at radius 2 is 2.05 bits per heavy atom. The van der Waals surface area contributed by atoms with E-state index in [9.17, 15) is 4.79 Å². The van der Waals surface area contributed by atoms with Gasteiger partial charge in [-0.3, -0.25) is 0 Å². The molecule has 0 radical (unpaired) electrons. The molecule has 2 aromatic rings. The number of hydrogen-bond acceptors (Lipinski definition) is 3. The number of hydrogen-bond donors (Lipinski definition) is 0. The number of methoxy groups -OCH3 is 1. The monoisotopic (exact) mass is 271 g/mol. The molecule has 0 N–H and O–H groups in total. The number of nitriles is 1. The number of halogens is 1. The highest BCUT2D eigenvalue weighted by Gasteiger charge is 2.14. The molecule has 0 aromatic heterocycles. The van der Waals surface area contributed by atoms with Gasteiger partial charge in [-0.2, -0.15) is 5.26 Å². The van der Waals surface area contributed by atoms with Gasteiger partial charge in [-0.1, -0.05) is 23.7 Å². The van der Waals surface area contributed by atoms with Gasteiger partial charge in [0.05, 0.1) is 24.3 Å². The van der Waals surface area contributed by atoms with Crippen molar-refractivity contribution in [2.75, 3.05) is 7.11 Å². The summed E-state index contributed by atoms with van der Waals surface area (Å²) in [7, 11) is 1.32. The van der Waals surface area contributed by atoms with Crippen LogP contribution in [0.5, 0.6) is 0 Å². The first-order chi connectivity index (χ1) is 9.15. The zero-order valence-electron chi connectivity index (χ0n) is 10.2. The Morgan fingerprint density at radius 1 is 1.26 bits per heavy atom. The van der Waals surface area contributed by atoms with E-state index in [-0.39, 0.29) is 0 Å². The van der Waals surface area contributed by atoms with Crippen molar-refractivity contribution in [2.24, 2.45) is 0 Å². The van der Waals surface area contributed by atoms with E-state index >= 15 is 0 Å². The molecular formula is C15H10ClNO2. The number of ether oxygens (including phenoxy) is 1. The van der Waals surface area contributed by atoms with Gasteiger partial charge < -0.3 is 4.74 Å². The Hall–Kier alpha value is -2.31. The topological polar surface area (TPSA) is 50.1 Å². The van der Waals surface area contributed by atoms with Gasteiger partial charge >= 0.3 is 5.97 Å². The lowest BCUT2D eigenvalue weighted by atomic mass is 9.97. The number of rotatable bonds is 2.